The van der Waals surface area contributed by atoms with Crippen LogP contribution in [0.25, 0.3) is 0 Å². The topological polar surface area (TPSA) is 55.1 Å². The molecule has 98 valence electrons. The molecule has 0 aromatic heterocycles. The number of nitrogens with two attached hydrogens (primary N) is 1. The fourth-order valence-corrected chi connectivity index (χ4v) is 2.21. The quantitative estimate of drug-likeness (QED) is 0.666. The van der Waals surface area contributed by atoms with Crippen molar-refractivity contribution < 1.29 is 9.18 Å². The number of rotatable bonds is 4. The number of amides is 1. The molecular formula is C14H13FN2OS. The second kappa shape index (κ2) is 6.24. The van der Waals surface area contributed by atoms with E-state index >= 15 is 0 Å². The van der Waals surface area contributed by atoms with Crippen LogP contribution in [0.3, 0.4) is 0 Å². The van der Waals surface area contributed by atoms with Gasteiger partial charge in [-0.15, -0.1) is 11.8 Å². The lowest BCUT2D eigenvalue weighted by atomic mass is 10.2. The van der Waals surface area contributed by atoms with Gasteiger partial charge in [0.05, 0.1) is 17.1 Å². The number of benzene rings is 2. The minimum atomic E-state index is -0.430. The number of hydrogen-bond donors (Lipinski definition) is 2. The van der Waals surface area contributed by atoms with E-state index in [0.717, 1.165) is 4.90 Å². The standard InChI is InChI=1S/C14H13FN2OS/c15-10-6-7-12(16)13(8-10)17-14(18)9-19-11-4-2-1-3-5-11/h1-8H,9,16H2,(H,17,18). The van der Waals surface area contributed by atoms with Crippen LogP contribution < -0.4 is 11.1 Å². The third-order valence-corrected chi connectivity index (χ3v) is 3.41. The van der Waals surface area contributed by atoms with Gasteiger partial charge in [0.1, 0.15) is 5.82 Å². The molecule has 0 spiro atoms. The molecule has 0 aliphatic carbocycles. The molecule has 0 saturated carbocycles. The molecule has 0 aliphatic heterocycles. The van der Waals surface area contributed by atoms with Gasteiger partial charge >= 0.3 is 0 Å². The molecule has 2 rings (SSSR count). The van der Waals surface area contributed by atoms with Gasteiger partial charge in [0, 0.05) is 4.90 Å². The maximum absolute atomic E-state index is 13.0. The molecule has 0 bridgehead atoms. The third kappa shape index (κ3) is 3.99. The van der Waals surface area contributed by atoms with Gasteiger partial charge in [-0.2, -0.15) is 0 Å². The fourth-order valence-electron chi connectivity index (χ4n) is 1.49. The smallest absolute Gasteiger partial charge is 0.234 e. The summed E-state index contributed by atoms with van der Waals surface area (Å²) in [7, 11) is 0. The van der Waals surface area contributed by atoms with Gasteiger partial charge in [0.15, 0.2) is 0 Å². The minimum absolute atomic E-state index is 0.217. The lowest BCUT2D eigenvalue weighted by molar-refractivity contribution is -0.113. The van der Waals surface area contributed by atoms with E-state index in [2.05, 4.69) is 5.32 Å². The highest BCUT2D eigenvalue weighted by Gasteiger charge is 2.07. The number of hydrogen-bond acceptors (Lipinski definition) is 3. The van der Waals surface area contributed by atoms with E-state index in [4.69, 9.17) is 5.73 Å². The molecular weight excluding hydrogens is 263 g/mol. The van der Waals surface area contributed by atoms with Crippen LogP contribution in [0, 0.1) is 5.82 Å². The zero-order valence-corrected chi connectivity index (χ0v) is 10.9. The summed E-state index contributed by atoms with van der Waals surface area (Å²) in [6.45, 7) is 0. The Labute approximate surface area is 115 Å². The molecule has 0 unspecified atom stereocenters. The van der Waals surface area contributed by atoms with Crippen molar-refractivity contribution in [1.29, 1.82) is 0 Å². The lowest BCUT2D eigenvalue weighted by Crippen LogP contribution is -2.15. The summed E-state index contributed by atoms with van der Waals surface area (Å²) in [5.74, 6) is -0.397. The number of thioether (sulfide) groups is 1. The zero-order valence-electron chi connectivity index (χ0n) is 10.1. The Morgan fingerprint density at radius 3 is 2.68 bits per heavy atom. The summed E-state index contributed by atoms with van der Waals surface area (Å²) in [4.78, 5) is 12.7. The van der Waals surface area contributed by atoms with Crippen LogP contribution in [0.4, 0.5) is 15.8 Å². The van der Waals surface area contributed by atoms with Crippen LogP contribution in [0.15, 0.2) is 53.4 Å². The van der Waals surface area contributed by atoms with Gasteiger partial charge in [0.2, 0.25) is 5.91 Å². The van der Waals surface area contributed by atoms with E-state index in [1.54, 1.807) is 0 Å². The number of carbonyl (C=O) groups excluding carboxylic acids is 1. The van der Waals surface area contributed by atoms with Crippen molar-refractivity contribution >= 4 is 29.0 Å². The van der Waals surface area contributed by atoms with Gasteiger partial charge < -0.3 is 11.1 Å². The summed E-state index contributed by atoms with van der Waals surface area (Å²) in [5.41, 5.74) is 6.31. The lowest BCUT2D eigenvalue weighted by Gasteiger charge is -2.08. The van der Waals surface area contributed by atoms with E-state index in [1.165, 1.54) is 30.0 Å². The molecule has 0 radical (unpaired) electrons. The average molecular weight is 276 g/mol. The van der Waals surface area contributed by atoms with Crippen LogP contribution in [-0.4, -0.2) is 11.7 Å². The zero-order chi connectivity index (χ0) is 13.7. The molecule has 0 fully saturated rings. The highest BCUT2D eigenvalue weighted by Crippen LogP contribution is 2.21. The molecule has 1 amide bonds. The number of nitrogens with one attached hydrogen (secondary N) is 1. The normalized spacial score (nSPS) is 10.2. The van der Waals surface area contributed by atoms with E-state index in [0.29, 0.717) is 11.4 Å². The van der Waals surface area contributed by atoms with Gasteiger partial charge in [0.25, 0.3) is 0 Å². The maximum atomic E-state index is 13.0. The van der Waals surface area contributed by atoms with E-state index in [1.807, 2.05) is 30.3 Å². The van der Waals surface area contributed by atoms with Crippen molar-refractivity contribution in [3.8, 4) is 0 Å². The number of halogens is 1. The number of nitrogen functional groups attached to an aromatic ring is 1. The summed E-state index contributed by atoms with van der Waals surface area (Å²) >= 11 is 1.41. The summed E-state index contributed by atoms with van der Waals surface area (Å²) < 4.78 is 13.0. The van der Waals surface area contributed by atoms with Crippen molar-refractivity contribution in [2.75, 3.05) is 16.8 Å². The van der Waals surface area contributed by atoms with Crippen LogP contribution >= 0.6 is 11.8 Å². The Morgan fingerprint density at radius 1 is 1.21 bits per heavy atom. The predicted molar refractivity (Wildman–Crippen MR) is 76.6 cm³/mol. The van der Waals surface area contributed by atoms with Gasteiger partial charge in [-0.05, 0) is 30.3 Å². The summed E-state index contributed by atoms with van der Waals surface area (Å²) in [5, 5.41) is 2.60. The van der Waals surface area contributed by atoms with E-state index in [9.17, 15) is 9.18 Å². The predicted octanol–water partition coefficient (Wildman–Crippen LogP) is 3.14. The first-order valence-corrected chi connectivity index (χ1v) is 6.66. The van der Waals surface area contributed by atoms with Gasteiger partial charge in [-0.1, -0.05) is 18.2 Å². The third-order valence-electron chi connectivity index (χ3n) is 2.40. The molecule has 19 heavy (non-hydrogen) atoms. The molecule has 3 N–H and O–H groups in total. The summed E-state index contributed by atoms with van der Waals surface area (Å²) in [6.07, 6.45) is 0. The maximum Gasteiger partial charge on any atom is 0.234 e. The second-order valence-electron chi connectivity index (χ2n) is 3.88. The Bertz CT molecular complexity index is 575. The van der Waals surface area contributed by atoms with Crippen molar-refractivity contribution in [2.24, 2.45) is 0 Å². The Hall–Kier alpha value is -2.01. The molecule has 2 aromatic rings. The van der Waals surface area contributed by atoms with Crippen molar-refractivity contribution in [3.63, 3.8) is 0 Å². The fraction of sp³-hybridized carbons (Fsp3) is 0.0714. The van der Waals surface area contributed by atoms with Crippen molar-refractivity contribution in [2.45, 2.75) is 4.90 Å². The minimum Gasteiger partial charge on any atom is -0.397 e. The first-order chi connectivity index (χ1) is 9.15. The monoisotopic (exact) mass is 276 g/mol. The van der Waals surface area contributed by atoms with Crippen LogP contribution in [0.1, 0.15) is 0 Å². The number of anilines is 2. The largest absolute Gasteiger partial charge is 0.397 e. The molecule has 5 heteroatoms. The Kier molecular flexibility index (Phi) is 4.41. The van der Waals surface area contributed by atoms with Gasteiger partial charge in [-0.3, -0.25) is 4.79 Å². The van der Waals surface area contributed by atoms with Gasteiger partial charge in [-0.25, -0.2) is 4.39 Å². The SMILES string of the molecule is Nc1ccc(F)cc1NC(=O)CSc1ccccc1. The molecule has 0 aliphatic rings. The first-order valence-electron chi connectivity index (χ1n) is 5.68. The molecule has 0 saturated heterocycles. The van der Waals surface area contributed by atoms with E-state index in [-0.39, 0.29) is 11.7 Å². The molecule has 2 aromatic carbocycles. The van der Waals surface area contributed by atoms with Crippen LogP contribution in [0.5, 0.6) is 0 Å². The second-order valence-corrected chi connectivity index (χ2v) is 4.93. The number of carbonyl (C=O) groups is 1. The van der Waals surface area contributed by atoms with Crippen LogP contribution in [0.2, 0.25) is 0 Å². The molecule has 0 heterocycles. The molecule has 3 nitrogen and oxygen atoms in total. The first kappa shape index (κ1) is 13.4. The summed E-state index contributed by atoms with van der Waals surface area (Å²) in [6, 6.07) is 13.5. The van der Waals surface area contributed by atoms with Crippen molar-refractivity contribution in [3.05, 3.63) is 54.3 Å². The van der Waals surface area contributed by atoms with Crippen molar-refractivity contribution in [1.82, 2.24) is 0 Å². The average Bonchev–Trinajstić information content (AvgIpc) is 2.42. The molecule has 0 atom stereocenters. The highest BCUT2D eigenvalue weighted by molar-refractivity contribution is 8.00. The van der Waals surface area contributed by atoms with Crippen LogP contribution in [-0.2, 0) is 4.79 Å². The van der Waals surface area contributed by atoms with E-state index < -0.39 is 5.82 Å². The Morgan fingerprint density at radius 2 is 1.95 bits per heavy atom. The Balaban J connectivity index is 1.93. The highest BCUT2D eigenvalue weighted by atomic mass is 32.2.